The molecule has 0 atom stereocenters. The minimum atomic E-state index is -4.74. The number of nitrogens with zero attached hydrogens (tertiary/aromatic N) is 1. The van der Waals surface area contributed by atoms with E-state index in [9.17, 15) is 27.6 Å². The molecule has 0 aliphatic carbocycles. The van der Waals surface area contributed by atoms with Crippen molar-refractivity contribution in [1.82, 2.24) is 9.71 Å². The summed E-state index contributed by atoms with van der Waals surface area (Å²) < 4.78 is 38.2. The monoisotopic (exact) mass is 303 g/mol. The summed E-state index contributed by atoms with van der Waals surface area (Å²) in [4.78, 5) is 40.7. The van der Waals surface area contributed by atoms with E-state index in [4.69, 9.17) is 5.73 Å². The molecule has 0 fully saturated rings. The van der Waals surface area contributed by atoms with E-state index < -0.39 is 34.6 Å². The number of aromatic amines is 1. The largest absolute Gasteiger partial charge is 0.418 e. The predicted molar refractivity (Wildman–Crippen MR) is 65.5 cm³/mol. The van der Waals surface area contributed by atoms with Gasteiger partial charge in [0.1, 0.15) is 0 Å². The number of carbonyl (C=O) groups is 1. The first kappa shape index (κ1) is 14.6. The van der Waals surface area contributed by atoms with E-state index in [0.717, 1.165) is 13.0 Å². The third-order valence-electron chi connectivity index (χ3n) is 2.56. The molecule has 10 heteroatoms. The number of nitrogen functional groups attached to an aromatic ring is 1. The van der Waals surface area contributed by atoms with Gasteiger partial charge in [-0.2, -0.15) is 13.2 Å². The molecular weight excluding hydrogens is 295 g/mol. The van der Waals surface area contributed by atoms with Crippen molar-refractivity contribution >= 4 is 22.6 Å². The van der Waals surface area contributed by atoms with Crippen molar-refractivity contribution in [3.8, 4) is 0 Å². The van der Waals surface area contributed by atoms with Gasteiger partial charge >= 0.3 is 17.8 Å². The van der Waals surface area contributed by atoms with E-state index in [2.05, 4.69) is 4.84 Å². The molecule has 3 N–H and O–H groups in total. The van der Waals surface area contributed by atoms with Gasteiger partial charge in [-0.25, -0.2) is 9.59 Å². The summed E-state index contributed by atoms with van der Waals surface area (Å²) in [5, 5.41) is -0.318. The van der Waals surface area contributed by atoms with Crippen molar-refractivity contribution in [3.63, 3.8) is 0 Å². The second-order valence-corrected chi connectivity index (χ2v) is 4.10. The van der Waals surface area contributed by atoms with Crippen LogP contribution in [0.15, 0.2) is 21.7 Å². The molecule has 0 spiro atoms. The maximum atomic E-state index is 12.7. The van der Waals surface area contributed by atoms with Gasteiger partial charge in [0.05, 0.1) is 16.5 Å². The van der Waals surface area contributed by atoms with Crippen LogP contribution in [0.4, 0.5) is 18.9 Å². The highest BCUT2D eigenvalue weighted by molar-refractivity contribution is 5.83. The van der Waals surface area contributed by atoms with Gasteiger partial charge in [0.25, 0.3) is 5.56 Å². The van der Waals surface area contributed by atoms with Gasteiger partial charge in [0.2, 0.25) is 0 Å². The third kappa shape index (κ3) is 2.59. The number of H-pyrrole nitrogens is 1. The number of anilines is 1. The van der Waals surface area contributed by atoms with Crippen LogP contribution < -0.4 is 21.8 Å². The van der Waals surface area contributed by atoms with Gasteiger partial charge in [0, 0.05) is 12.6 Å². The molecule has 0 unspecified atom stereocenters. The molecule has 0 aliphatic rings. The van der Waals surface area contributed by atoms with Crippen molar-refractivity contribution in [3.05, 3.63) is 38.5 Å². The number of nitrogens with two attached hydrogens (primary N) is 1. The molecule has 0 bridgehead atoms. The van der Waals surface area contributed by atoms with Crippen LogP contribution >= 0.6 is 0 Å². The number of fused-ring (bicyclic) bond motifs is 1. The van der Waals surface area contributed by atoms with Crippen LogP contribution in [0, 0.1) is 0 Å². The van der Waals surface area contributed by atoms with Crippen molar-refractivity contribution in [1.29, 1.82) is 0 Å². The summed E-state index contributed by atoms with van der Waals surface area (Å²) in [7, 11) is 0. The molecule has 0 saturated heterocycles. The maximum absolute atomic E-state index is 12.7. The Balaban J connectivity index is 2.83. The summed E-state index contributed by atoms with van der Waals surface area (Å²) in [5.74, 6) is -0.943. The number of hydrogen-bond acceptors (Lipinski definition) is 5. The van der Waals surface area contributed by atoms with E-state index in [0.29, 0.717) is 6.07 Å². The zero-order chi connectivity index (χ0) is 15.9. The first-order valence-electron chi connectivity index (χ1n) is 5.46. The van der Waals surface area contributed by atoms with Gasteiger partial charge < -0.3 is 15.6 Å². The first-order chi connectivity index (χ1) is 9.61. The quantitative estimate of drug-likeness (QED) is 0.735. The molecule has 21 heavy (non-hydrogen) atoms. The number of benzene rings is 1. The number of aromatic nitrogens is 2. The molecule has 112 valence electrons. The lowest BCUT2D eigenvalue weighted by atomic mass is 10.1. The fourth-order valence-corrected chi connectivity index (χ4v) is 1.72. The fraction of sp³-hybridized carbons (Fsp3) is 0.182. The molecule has 1 heterocycles. The number of halogens is 3. The Bertz CT molecular complexity index is 851. The summed E-state index contributed by atoms with van der Waals surface area (Å²) >= 11 is 0. The lowest BCUT2D eigenvalue weighted by molar-refractivity contribution is -0.142. The van der Waals surface area contributed by atoms with E-state index in [1.807, 2.05) is 4.98 Å². The topological polar surface area (TPSA) is 107 Å². The van der Waals surface area contributed by atoms with Gasteiger partial charge in [0.15, 0.2) is 0 Å². The van der Waals surface area contributed by atoms with Gasteiger partial charge in [-0.3, -0.25) is 4.79 Å². The summed E-state index contributed by atoms with van der Waals surface area (Å²) in [6.07, 6.45) is -4.74. The summed E-state index contributed by atoms with van der Waals surface area (Å²) in [5.41, 5.74) is 0.753. The predicted octanol–water partition coefficient (Wildman–Crippen LogP) is 0.266. The number of hydrogen-bond donors (Lipinski definition) is 2. The first-order valence-corrected chi connectivity index (χ1v) is 5.46. The zero-order valence-electron chi connectivity index (χ0n) is 10.4. The Morgan fingerprint density at radius 1 is 1.33 bits per heavy atom. The minimum absolute atomic E-state index is 0.109. The summed E-state index contributed by atoms with van der Waals surface area (Å²) in [6, 6.07) is 1.31. The highest BCUT2D eigenvalue weighted by Gasteiger charge is 2.33. The van der Waals surface area contributed by atoms with E-state index in [1.54, 1.807) is 0 Å². The Hall–Kier alpha value is -2.78. The molecule has 7 nitrogen and oxygen atoms in total. The number of alkyl halides is 3. The average molecular weight is 303 g/mol. The van der Waals surface area contributed by atoms with Crippen LogP contribution in [0.25, 0.3) is 10.9 Å². The SMILES string of the molecule is CC(=O)On1c(=O)[nH]c2cc(C(F)(F)F)c(N)cc2c1=O. The molecule has 2 rings (SSSR count). The van der Waals surface area contributed by atoms with Crippen molar-refractivity contribution in [2.75, 3.05) is 5.73 Å². The van der Waals surface area contributed by atoms with E-state index in [-0.39, 0.29) is 15.6 Å². The van der Waals surface area contributed by atoms with Crippen LogP contribution in [-0.2, 0) is 11.0 Å². The van der Waals surface area contributed by atoms with Crippen LogP contribution in [0.3, 0.4) is 0 Å². The van der Waals surface area contributed by atoms with Gasteiger partial charge in [-0.15, -0.1) is 0 Å². The minimum Gasteiger partial charge on any atom is -0.398 e. The number of rotatable bonds is 1. The highest BCUT2D eigenvalue weighted by Crippen LogP contribution is 2.34. The van der Waals surface area contributed by atoms with Crippen LogP contribution in [0.2, 0.25) is 0 Å². The van der Waals surface area contributed by atoms with Crippen molar-refractivity contribution in [2.45, 2.75) is 13.1 Å². The normalized spacial score (nSPS) is 11.6. The van der Waals surface area contributed by atoms with Crippen LogP contribution in [-0.4, -0.2) is 15.7 Å². The number of carbonyl (C=O) groups excluding carboxylic acids is 1. The Kier molecular flexibility index (Phi) is 3.24. The lowest BCUT2D eigenvalue weighted by Gasteiger charge is -2.11. The molecule has 2 aromatic rings. The molecule has 0 saturated carbocycles. The molecule has 0 amide bonds. The maximum Gasteiger partial charge on any atom is 0.418 e. The Labute approximate surface area is 113 Å². The number of nitrogens with one attached hydrogen (secondary N) is 1. The smallest absolute Gasteiger partial charge is 0.398 e. The zero-order valence-corrected chi connectivity index (χ0v) is 10.4. The Morgan fingerprint density at radius 3 is 2.48 bits per heavy atom. The van der Waals surface area contributed by atoms with Gasteiger partial charge in [-0.05, 0) is 12.1 Å². The van der Waals surface area contributed by atoms with Gasteiger partial charge in [-0.1, -0.05) is 4.73 Å². The second kappa shape index (κ2) is 4.65. The average Bonchev–Trinajstić information content (AvgIpc) is 2.33. The van der Waals surface area contributed by atoms with E-state index >= 15 is 0 Å². The molecule has 0 radical (unpaired) electrons. The van der Waals surface area contributed by atoms with E-state index in [1.165, 1.54) is 0 Å². The molecule has 1 aromatic heterocycles. The highest BCUT2D eigenvalue weighted by atomic mass is 19.4. The lowest BCUT2D eigenvalue weighted by Crippen LogP contribution is -2.41. The summed E-state index contributed by atoms with van der Waals surface area (Å²) in [6.45, 7) is 0.956. The molecule has 0 aliphatic heterocycles. The molecule has 1 aromatic carbocycles. The fourth-order valence-electron chi connectivity index (χ4n) is 1.72. The third-order valence-corrected chi connectivity index (χ3v) is 2.56. The second-order valence-electron chi connectivity index (χ2n) is 4.10. The van der Waals surface area contributed by atoms with Crippen molar-refractivity contribution in [2.24, 2.45) is 0 Å². The van der Waals surface area contributed by atoms with Crippen LogP contribution in [0.5, 0.6) is 0 Å². The standard InChI is InChI=1S/C11H8F3N3O4/c1-4(18)21-17-9(19)5-2-7(15)6(11(12,13)14)3-8(5)16-10(17)20/h2-3H,15H2,1H3,(H,16,20). The van der Waals surface area contributed by atoms with Crippen molar-refractivity contribution < 1.29 is 22.8 Å². The van der Waals surface area contributed by atoms with Crippen LogP contribution in [0.1, 0.15) is 12.5 Å². The Morgan fingerprint density at radius 2 is 1.95 bits per heavy atom. The molecular formula is C11H8F3N3O4.